The highest BCUT2D eigenvalue weighted by atomic mass is 16.6. The fourth-order valence-corrected chi connectivity index (χ4v) is 3.54. The van der Waals surface area contributed by atoms with E-state index in [1.807, 2.05) is 19.1 Å². The van der Waals surface area contributed by atoms with Crippen molar-refractivity contribution in [1.82, 2.24) is 10.3 Å². The average Bonchev–Trinajstić information content (AvgIpc) is 3.45. The lowest BCUT2D eigenvalue weighted by atomic mass is 10.0. The molecule has 0 saturated carbocycles. The van der Waals surface area contributed by atoms with Gasteiger partial charge in [0.05, 0.1) is 12.0 Å². The van der Waals surface area contributed by atoms with Crippen molar-refractivity contribution < 1.29 is 23.2 Å². The molecule has 1 atom stereocenters. The van der Waals surface area contributed by atoms with Crippen molar-refractivity contribution in [2.24, 2.45) is 0 Å². The van der Waals surface area contributed by atoms with E-state index in [9.17, 15) is 9.59 Å². The summed E-state index contributed by atoms with van der Waals surface area (Å²) >= 11 is 0. The molecule has 1 unspecified atom stereocenters. The van der Waals surface area contributed by atoms with Crippen LogP contribution in [0, 0.1) is 6.92 Å². The van der Waals surface area contributed by atoms with Crippen LogP contribution in [0.2, 0.25) is 0 Å². The van der Waals surface area contributed by atoms with Crippen LogP contribution in [0.15, 0.2) is 51.5 Å². The van der Waals surface area contributed by atoms with Crippen LogP contribution in [-0.4, -0.2) is 23.1 Å². The second kappa shape index (κ2) is 8.98. The third-order valence-corrected chi connectivity index (χ3v) is 5.25. The maximum atomic E-state index is 11.5. The van der Waals surface area contributed by atoms with Crippen molar-refractivity contribution in [3.05, 3.63) is 65.2 Å². The van der Waals surface area contributed by atoms with Crippen LogP contribution in [0.25, 0.3) is 11.7 Å². The van der Waals surface area contributed by atoms with Crippen molar-refractivity contribution in [2.75, 3.05) is 0 Å². The Hall–Kier alpha value is -3.35. The number of cyclic esters (lactones) is 1. The molecule has 2 aromatic heterocycles. The molecule has 1 N–H and O–H groups in total. The first-order valence-electron chi connectivity index (χ1n) is 10.2. The smallest absolute Gasteiger partial charge is 0.414 e. The molecule has 1 saturated heterocycles. The molecule has 0 bridgehead atoms. The molecule has 30 heavy (non-hydrogen) atoms. The number of furan rings is 1. The fourth-order valence-electron chi connectivity index (χ4n) is 3.54. The van der Waals surface area contributed by atoms with Crippen LogP contribution in [0.1, 0.15) is 41.8 Å². The highest BCUT2D eigenvalue weighted by Gasteiger charge is 2.31. The lowest BCUT2D eigenvalue weighted by molar-refractivity contribution is -0.123. The summed E-state index contributed by atoms with van der Waals surface area (Å²) in [7, 11) is 0. The molecule has 7 nitrogen and oxygen atoms in total. The van der Waals surface area contributed by atoms with Crippen molar-refractivity contribution in [2.45, 2.75) is 51.6 Å². The van der Waals surface area contributed by atoms with E-state index in [0.717, 1.165) is 43.6 Å². The molecule has 1 aliphatic rings. The summed E-state index contributed by atoms with van der Waals surface area (Å²) in [6.45, 7) is 1.92. The molecule has 1 fully saturated rings. The summed E-state index contributed by atoms with van der Waals surface area (Å²) in [5.41, 5.74) is 3.45. The zero-order valence-corrected chi connectivity index (χ0v) is 16.8. The summed E-state index contributed by atoms with van der Waals surface area (Å²) in [5, 5.41) is 2.15. The minimum atomic E-state index is -0.640. The van der Waals surface area contributed by atoms with E-state index in [1.54, 1.807) is 6.26 Å². The minimum Gasteiger partial charge on any atom is -0.459 e. The van der Waals surface area contributed by atoms with Gasteiger partial charge >= 0.3 is 6.09 Å². The summed E-state index contributed by atoms with van der Waals surface area (Å²) in [5.74, 6) is 1.65. The topological polar surface area (TPSA) is 94.6 Å². The number of aryl methyl sites for hydroxylation is 4. The van der Waals surface area contributed by atoms with E-state index < -0.39 is 12.2 Å². The maximum absolute atomic E-state index is 11.5. The summed E-state index contributed by atoms with van der Waals surface area (Å²) in [4.78, 5) is 27.0. The number of carbonyl (C=O) groups excluding carboxylic acids is 2. The summed E-state index contributed by atoms with van der Waals surface area (Å²) < 4.78 is 16.0. The number of unbranched alkanes of at least 4 members (excludes halogenated alkanes) is 1. The Morgan fingerprint density at radius 3 is 2.43 bits per heavy atom. The predicted octanol–water partition coefficient (Wildman–Crippen LogP) is 4.38. The van der Waals surface area contributed by atoms with Gasteiger partial charge in [-0.3, -0.25) is 10.1 Å². The Morgan fingerprint density at radius 2 is 1.77 bits per heavy atom. The van der Waals surface area contributed by atoms with Gasteiger partial charge in [-0.1, -0.05) is 24.3 Å². The molecular formula is C23H24N2O5. The number of nitrogens with zero attached hydrogens (tertiary/aromatic N) is 1. The lowest BCUT2D eigenvalue weighted by Gasteiger charge is -2.07. The molecule has 7 heteroatoms. The quantitative estimate of drug-likeness (QED) is 0.528. The van der Waals surface area contributed by atoms with E-state index in [-0.39, 0.29) is 5.91 Å². The minimum absolute atomic E-state index is 0.331. The Bertz CT molecular complexity index is 1000. The van der Waals surface area contributed by atoms with Crippen LogP contribution >= 0.6 is 0 Å². The fraction of sp³-hybridized carbons (Fsp3) is 0.348. The van der Waals surface area contributed by atoms with Gasteiger partial charge in [0.1, 0.15) is 5.76 Å². The first kappa shape index (κ1) is 19.9. The molecular weight excluding hydrogens is 384 g/mol. The molecule has 2 amide bonds. The highest BCUT2D eigenvalue weighted by molar-refractivity contribution is 5.99. The maximum Gasteiger partial charge on any atom is 0.414 e. The molecule has 1 aromatic carbocycles. The van der Waals surface area contributed by atoms with Crippen molar-refractivity contribution in [1.29, 1.82) is 0 Å². The Labute approximate surface area is 174 Å². The van der Waals surface area contributed by atoms with Crippen LogP contribution < -0.4 is 5.32 Å². The number of imide groups is 1. The van der Waals surface area contributed by atoms with E-state index in [0.29, 0.717) is 18.1 Å². The van der Waals surface area contributed by atoms with Gasteiger partial charge in [0.2, 0.25) is 0 Å². The molecule has 0 spiro atoms. The summed E-state index contributed by atoms with van der Waals surface area (Å²) in [6, 6.07) is 12.2. The summed E-state index contributed by atoms with van der Waals surface area (Å²) in [6.07, 6.45) is 5.28. The number of ether oxygens (including phenoxy) is 1. The highest BCUT2D eigenvalue weighted by Crippen LogP contribution is 2.23. The third kappa shape index (κ3) is 4.79. The Morgan fingerprint density at radius 1 is 1.00 bits per heavy atom. The van der Waals surface area contributed by atoms with Gasteiger partial charge in [-0.15, -0.1) is 0 Å². The number of hydrogen-bond donors (Lipinski definition) is 1. The number of nitrogens with one attached hydrogen (secondary N) is 1. The second-order valence-corrected chi connectivity index (χ2v) is 7.44. The van der Waals surface area contributed by atoms with Gasteiger partial charge in [-0.2, -0.15) is 0 Å². The number of rotatable bonds is 9. The van der Waals surface area contributed by atoms with Gasteiger partial charge in [-0.05, 0) is 68.7 Å². The molecule has 156 valence electrons. The van der Waals surface area contributed by atoms with Crippen molar-refractivity contribution in [3.8, 4) is 11.7 Å². The van der Waals surface area contributed by atoms with Crippen LogP contribution in [0.5, 0.6) is 0 Å². The molecule has 0 radical (unpaired) electrons. The number of benzene rings is 1. The monoisotopic (exact) mass is 408 g/mol. The number of carbonyl (C=O) groups is 2. The number of amides is 2. The number of hydrogen-bond acceptors (Lipinski definition) is 6. The largest absolute Gasteiger partial charge is 0.459 e. The van der Waals surface area contributed by atoms with Gasteiger partial charge < -0.3 is 13.6 Å². The second-order valence-electron chi connectivity index (χ2n) is 7.44. The third-order valence-electron chi connectivity index (χ3n) is 5.25. The number of aromatic nitrogens is 1. The Kier molecular flexibility index (Phi) is 5.97. The normalized spacial score (nSPS) is 16.0. The van der Waals surface area contributed by atoms with Gasteiger partial charge in [0.15, 0.2) is 11.9 Å². The molecule has 3 heterocycles. The average molecular weight is 408 g/mol. The Balaban J connectivity index is 1.22. The zero-order chi connectivity index (χ0) is 20.9. The number of oxazole rings is 1. The SMILES string of the molecule is Cc1oc(-c2ccco2)nc1CCc1ccc(CCCCC2OC(=O)NC2=O)cc1. The first-order chi connectivity index (χ1) is 14.6. The van der Waals surface area contributed by atoms with Crippen LogP contribution in [0.3, 0.4) is 0 Å². The molecule has 3 aromatic rings. The predicted molar refractivity (Wildman–Crippen MR) is 109 cm³/mol. The van der Waals surface area contributed by atoms with Crippen molar-refractivity contribution >= 4 is 12.0 Å². The standard InChI is InChI=1S/C23H24N2O5/c1-15-18(24-22(29-15)20-7-4-14-28-20)13-12-17-10-8-16(9-11-17)5-2-3-6-19-21(26)25-23(27)30-19/h4,7-11,14,19H,2-3,5-6,12-13H2,1H3,(H,25,26,27). The first-order valence-corrected chi connectivity index (χ1v) is 10.2. The zero-order valence-electron chi connectivity index (χ0n) is 16.8. The van der Waals surface area contributed by atoms with Gasteiger partial charge in [-0.25, -0.2) is 9.78 Å². The van der Waals surface area contributed by atoms with Crippen LogP contribution in [0.4, 0.5) is 4.79 Å². The molecule has 4 rings (SSSR count). The molecule has 0 aliphatic carbocycles. The van der Waals surface area contributed by atoms with E-state index >= 15 is 0 Å². The van der Waals surface area contributed by atoms with Gasteiger partial charge in [0.25, 0.3) is 11.8 Å². The van der Waals surface area contributed by atoms with Crippen LogP contribution in [-0.2, 0) is 28.8 Å². The lowest BCUT2D eigenvalue weighted by Crippen LogP contribution is -2.24. The van der Waals surface area contributed by atoms with E-state index in [1.165, 1.54) is 11.1 Å². The van der Waals surface area contributed by atoms with Crippen molar-refractivity contribution in [3.63, 3.8) is 0 Å². The number of alkyl carbamates (subject to hydrolysis) is 1. The van der Waals surface area contributed by atoms with E-state index in [4.69, 9.17) is 13.6 Å². The van der Waals surface area contributed by atoms with Gasteiger partial charge in [0, 0.05) is 0 Å². The van der Waals surface area contributed by atoms with E-state index in [2.05, 4.69) is 34.6 Å². The molecule has 1 aliphatic heterocycles.